The van der Waals surface area contributed by atoms with Gasteiger partial charge >= 0.3 is 5.97 Å². The topological polar surface area (TPSA) is 141 Å². The summed E-state index contributed by atoms with van der Waals surface area (Å²) in [4.78, 5) is 25.0. The number of anilines is 1. The Balaban J connectivity index is 1.46. The van der Waals surface area contributed by atoms with E-state index < -0.39 is 18.5 Å². The summed E-state index contributed by atoms with van der Waals surface area (Å²) in [6.45, 7) is 3.47. The monoisotopic (exact) mass is 445 g/mol. The molecule has 3 aromatic heterocycles. The number of tetrazole rings is 1. The van der Waals surface area contributed by atoms with Gasteiger partial charge in [0.2, 0.25) is 0 Å². The average Bonchev–Trinajstić information content (AvgIpc) is 3.58. The van der Waals surface area contributed by atoms with Crippen LogP contribution < -0.4 is 5.32 Å². The number of nitrogens with zero attached hydrogens (tertiary/aromatic N) is 6. The lowest BCUT2D eigenvalue weighted by Gasteiger charge is -2.12. The van der Waals surface area contributed by atoms with Crippen molar-refractivity contribution in [1.82, 2.24) is 24.8 Å². The second-order valence-electron chi connectivity index (χ2n) is 7.14. The van der Waals surface area contributed by atoms with E-state index in [1.54, 1.807) is 54.2 Å². The predicted molar refractivity (Wildman–Crippen MR) is 114 cm³/mol. The number of amides is 1. The summed E-state index contributed by atoms with van der Waals surface area (Å²) in [7, 11) is 0. The van der Waals surface area contributed by atoms with Crippen LogP contribution in [0.5, 0.6) is 0 Å². The number of benzene rings is 1. The summed E-state index contributed by atoms with van der Waals surface area (Å²) < 4.78 is 13.7. The molecule has 11 heteroatoms. The van der Waals surface area contributed by atoms with Crippen LogP contribution in [0.25, 0.3) is 5.69 Å². The molecule has 0 unspecified atom stereocenters. The van der Waals surface area contributed by atoms with Crippen molar-refractivity contribution >= 4 is 17.7 Å². The lowest BCUT2D eigenvalue weighted by Crippen LogP contribution is -2.23. The van der Waals surface area contributed by atoms with Crippen molar-refractivity contribution in [2.75, 3.05) is 11.9 Å². The van der Waals surface area contributed by atoms with Crippen LogP contribution >= 0.6 is 0 Å². The molecule has 166 valence electrons. The van der Waals surface area contributed by atoms with Crippen LogP contribution in [0.15, 0.2) is 53.4 Å². The van der Waals surface area contributed by atoms with Crippen LogP contribution in [-0.2, 0) is 16.1 Å². The molecule has 0 saturated heterocycles. The van der Waals surface area contributed by atoms with E-state index in [2.05, 4.69) is 26.9 Å². The second kappa shape index (κ2) is 9.19. The number of rotatable bonds is 7. The summed E-state index contributed by atoms with van der Waals surface area (Å²) >= 11 is 0. The SMILES string of the molecule is Cc1c(C#N)c(NC(=O)COC(=O)c2cccc(-n3cnnn3)c2)n(Cc2ccco2)c1C. The van der Waals surface area contributed by atoms with E-state index in [1.807, 2.05) is 6.92 Å². The van der Waals surface area contributed by atoms with Gasteiger partial charge in [0.15, 0.2) is 6.61 Å². The van der Waals surface area contributed by atoms with Gasteiger partial charge in [0, 0.05) is 5.69 Å². The summed E-state index contributed by atoms with van der Waals surface area (Å²) in [5.41, 5.74) is 2.71. The molecule has 0 radical (unpaired) electrons. The molecule has 4 rings (SSSR count). The smallest absolute Gasteiger partial charge is 0.338 e. The van der Waals surface area contributed by atoms with Gasteiger partial charge in [0.05, 0.1) is 29.6 Å². The van der Waals surface area contributed by atoms with Crippen LogP contribution in [0.1, 0.15) is 32.9 Å². The van der Waals surface area contributed by atoms with E-state index in [0.29, 0.717) is 29.4 Å². The van der Waals surface area contributed by atoms with Gasteiger partial charge < -0.3 is 19.0 Å². The van der Waals surface area contributed by atoms with E-state index in [9.17, 15) is 14.9 Å². The van der Waals surface area contributed by atoms with Crippen molar-refractivity contribution < 1.29 is 18.7 Å². The molecule has 0 saturated carbocycles. The van der Waals surface area contributed by atoms with Gasteiger partial charge in [-0.05, 0) is 60.2 Å². The van der Waals surface area contributed by atoms with Crippen molar-refractivity contribution in [3.8, 4) is 11.8 Å². The molecule has 0 atom stereocenters. The van der Waals surface area contributed by atoms with Crippen LogP contribution in [0.2, 0.25) is 0 Å². The normalized spacial score (nSPS) is 10.6. The van der Waals surface area contributed by atoms with Crippen LogP contribution in [-0.4, -0.2) is 43.3 Å². The van der Waals surface area contributed by atoms with Gasteiger partial charge in [-0.3, -0.25) is 4.79 Å². The van der Waals surface area contributed by atoms with Crippen LogP contribution in [0, 0.1) is 25.2 Å². The molecule has 1 amide bonds. The molecule has 0 aliphatic rings. The van der Waals surface area contributed by atoms with E-state index in [0.717, 1.165) is 11.3 Å². The number of nitriles is 1. The number of esters is 1. The number of furan rings is 1. The number of nitrogens with one attached hydrogen (secondary N) is 1. The van der Waals surface area contributed by atoms with Gasteiger partial charge in [0.1, 0.15) is 24.0 Å². The van der Waals surface area contributed by atoms with Gasteiger partial charge in [-0.1, -0.05) is 6.07 Å². The third-order valence-corrected chi connectivity index (χ3v) is 5.12. The second-order valence-corrected chi connectivity index (χ2v) is 7.14. The van der Waals surface area contributed by atoms with E-state index in [-0.39, 0.29) is 5.56 Å². The quantitative estimate of drug-likeness (QED) is 0.428. The molecule has 0 fully saturated rings. The first kappa shape index (κ1) is 21.5. The number of carbonyl (C=O) groups excluding carboxylic acids is 2. The minimum absolute atomic E-state index is 0.237. The van der Waals surface area contributed by atoms with E-state index in [1.165, 1.54) is 11.0 Å². The minimum atomic E-state index is -0.682. The lowest BCUT2D eigenvalue weighted by molar-refractivity contribution is -0.119. The fourth-order valence-electron chi connectivity index (χ4n) is 3.32. The summed E-state index contributed by atoms with van der Waals surface area (Å²) in [6.07, 6.45) is 2.95. The maximum atomic E-state index is 12.6. The molecule has 4 aromatic rings. The highest BCUT2D eigenvalue weighted by atomic mass is 16.5. The lowest BCUT2D eigenvalue weighted by atomic mass is 10.2. The van der Waals surface area contributed by atoms with E-state index in [4.69, 9.17) is 9.15 Å². The van der Waals surface area contributed by atoms with Crippen molar-refractivity contribution in [3.63, 3.8) is 0 Å². The molecule has 3 heterocycles. The fraction of sp³-hybridized carbons (Fsp3) is 0.182. The zero-order valence-corrected chi connectivity index (χ0v) is 17.8. The molecule has 1 aromatic carbocycles. The molecule has 11 nitrogen and oxygen atoms in total. The Morgan fingerprint density at radius 3 is 2.79 bits per heavy atom. The van der Waals surface area contributed by atoms with Crippen LogP contribution in [0.4, 0.5) is 5.82 Å². The number of hydrogen-bond donors (Lipinski definition) is 1. The molecule has 33 heavy (non-hydrogen) atoms. The first-order chi connectivity index (χ1) is 16.0. The summed E-state index contributed by atoms with van der Waals surface area (Å²) in [5.74, 6) is -0.263. The zero-order valence-electron chi connectivity index (χ0n) is 17.8. The fourth-order valence-corrected chi connectivity index (χ4v) is 3.32. The Morgan fingerprint density at radius 1 is 1.24 bits per heavy atom. The molecular formula is C22H19N7O4. The number of hydrogen-bond acceptors (Lipinski definition) is 8. The zero-order chi connectivity index (χ0) is 23.4. The number of carbonyl (C=O) groups is 2. The third-order valence-electron chi connectivity index (χ3n) is 5.12. The molecule has 0 aliphatic carbocycles. The predicted octanol–water partition coefficient (Wildman–Crippen LogP) is 2.39. The standard InChI is InChI=1S/C22H19N7O4/c1-14-15(2)28(11-18-7-4-8-32-18)21(19(14)10-23)25-20(30)12-33-22(31)16-5-3-6-17(9-16)29-13-24-26-27-29/h3-9,13H,11-12H2,1-2H3,(H,25,30). The van der Waals surface area contributed by atoms with Crippen molar-refractivity contribution in [1.29, 1.82) is 5.26 Å². The Hall–Kier alpha value is -4.72. The van der Waals surface area contributed by atoms with Gasteiger partial charge in [0.25, 0.3) is 5.91 Å². The van der Waals surface area contributed by atoms with Gasteiger partial charge in [-0.25, -0.2) is 9.48 Å². The minimum Gasteiger partial charge on any atom is -0.467 e. The Kier molecular flexibility index (Phi) is 5.99. The Bertz CT molecular complexity index is 1330. The summed E-state index contributed by atoms with van der Waals surface area (Å²) in [5, 5.41) is 23.2. The van der Waals surface area contributed by atoms with Crippen molar-refractivity contribution in [3.05, 3.63) is 77.1 Å². The number of ether oxygens (including phenoxy) is 1. The van der Waals surface area contributed by atoms with Crippen molar-refractivity contribution in [2.45, 2.75) is 20.4 Å². The molecule has 1 N–H and O–H groups in total. The van der Waals surface area contributed by atoms with Gasteiger partial charge in [-0.2, -0.15) is 5.26 Å². The summed E-state index contributed by atoms with van der Waals surface area (Å²) in [6, 6.07) is 12.2. The Morgan fingerprint density at radius 2 is 2.09 bits per heavy atom. The average molecular weight is 445 g/mol. The third kappa shape index (κ3) is 4.49. The maximum absolute atomic E-state index is 12.6. The highest BCUT2D eigenvalue weighted by molar-refractivity contribution is 5.96. The first-order valence-electron chi connectivity index (χ1n) is 9.90. The maximum Gasteiger partial charge on any atom is 0.338 e. The Labute approximate surface area is 188 Å². The highest BCUT2D eigenvalue weighted by Gasteiger charge is 2.21. The molecular weight excluding hydrogens is 426 g/mol. The largest absolute Gasteiger partial charge is 0.467 e. The number of aromatic nitrogens is 5. The van der Waals surface area contributed by atoms with E-state index >= 15 is 0 Å². The highest BCUT2D eigenvalue weighted by Crippen LogP contribution is 2.27. The van der Waals surface area contributed by atoms with Crippen molar-refractivity contribution in [2.24, 2.45) is 0 Å². The van der Waals surface area contributed by atoms with Crippen LogP contribution in [0.3, 0.4) is 0 Å². The molecule has 0 aliphatic heterocycles. The first-order valence-corrected chi connectivity index (χ1v) is 9.90. The molecule has 0 spiro atoms. The molecule has 0 bridgehead atoms. The van der Waals surface area contributed by atoms with Gasteiger partial charge in [-0.15, -0.1) is 5.10 Å².